The molecule has 1 unspecified atom stereocenters. The van der Waals surface area contributed by atoms with Crippen LogP contribution < -0.4 is 16.6 Å². The number of anilines is 2. The van der Waals surface area contributed by atoms with Crippen molar-refractivity contribution >= 4 is 33.2 Å². The number of nitrogens with two attached hydrogens (primary N) is 1. The average molecular weight is 479 g/mol. The van der Waals surface area contributed by atoms with Crippen LogP contribution in [0.1, 0.15) is 31.1 Å². The lowest BCUT2D eigenvalue weighted by molar-refractivity contribution is 0.532. The summed E-state index contributed by atoms with van der Waals surface area (Å²) in [6, 6.07) is 7.02. The van der Waals surface area contributed by atoms with Crippen molar-refractivity contribution in [2.45, 2.75) is 26.3 Å². The average Bonchev–Trinajstić information content (AvgIpc) is 3.47. The minimum atomic E-state index is -0.473. The van der Waals surface area contributed by atoms with E-state index in [4.69, 9.17) is 15.1 Å². The van der Waals surface area contributed by atoms with E-state index in [0.717, 1.165) is 0 Å². The molecule has 34 heavy (non-hydrogen) atoms. The molecule has 172 valence electrons. The van der Waals surface area contributed by atoms with Crippen molar-refractivity contribution in [1.29, 1.82) is 0 Å². The monoisotopic (exact) mass is 478 g/mol. The maximum atomic E-state index is 13.6. The summed E-state index contributed by atoms with van der Waals surface area (Å²) in [5.74, 6) is 1.09. The molecule has 1 atom stereocenters. The van der Waals surface area contributed by atoms with Gasteiger partial charge in [-0.3, -0.25) is 9.36 Å². The molecule has 0 bridgehead atoms. The van der Waals surface area contributed by atoms with E-state index in [1.54, 1.807) is 25.1 Å². The number of aryl methyl sites for hydroxylation is 1. The summed E-state index contributed by atoms with van der Waals surface area (Å²) in [6.45, 7) is 3.61. The Hall–Kier alpha value is -4.19. The number of hydrogen-bond acceptors (Lipinski definition) is 10. The van der Waals surface area contributed by atoms with Crippen molar-refractivity contribution in [3.63, 3.8) is 0 Å². The minimum Gasteiger partial charge on any atom is -0.421 e. The molecule has 0 aliphatic rings. The summed E-state index contributed by atoms with van der Waals surface area (Å²) in [7, 11) is 0. The number of halogens is 1. The van der Waals surface area contributed by atoms with E-state index in [2.05, 4.69) is 25.5 Å². The van der Waals surface area contributed by atoms with Crippen LogP contribution in [0.25, 0.3) is 27.4 Å². The van der Waals surface area contributed by atoms with Gasteiger partial charge >= 0.3 is 0 Å². The number of thiophene rings is 1. The predicted molar refractivity (Wildman–Crippen MR) is 126 cm³/mol. The quantitative estimate of drug-likeness (QED) is 0.372. The highest BCUT2D eigenvalue weighted by atomic mass is 32.1. The SMILES string of the molecule is CCC(Nc1ncnc(N)c1-c1nnc(C)o1)c1nc2ccsc2c(=O)n1-c1ccc(F)cc1. The Morgan fingerprint density at radius 2 is 2.00 bits per heavy atom. The van der Waals surface area contributed by atoms with Gasteiger partial charge in [-0.2, -0.15) is 0 Å². The van der Waals surface area contributed by atoms with Gasteiger partial charge in [0, 0.05) is 6.92 Å². The van der Waals surface area contributed by atoms with Crippen LogP contribution in [0.15, 0.2) is 51.3 Å². The molecule has 0 spiro atoms. The molecule has 4 aromatic heterocycles. The highest BCUT2D eigenvalue weighted by Crippen LogP contribution is 2.33. The smallest absolute Gasteiger partial charge is 0.276 e. The summed E-state index contributed by atoms with van der Waals surface area (Å²) in [5, 5.41) is 13.0. The van der Waals surface area contributed by atoms with E-state index in [1.165, 1.54) is 34.4 Å². The number of benzene rings is 1. The van der Waals surface area contributed by atoms with E-state index in [0.29, 0.717) is 45.4 Å². The molecule has 4 heterocycles. The van der Waals surface area contributed by atoms with Crippen LogP contribution in [-0.4, -0.2) is 29.7 Å². The van der Waals surface area contributed by atoms with Gasteiger partial charge in [0.25, 0.3) is 11.4 Å². The van der Waals surface area contributed by atoms with Gasteiger partial charge in [0.2, 0.25) is 5.89 Å². The largest absolute Gasteiger partial charge is 0.421 e. The van der Waals surface area contributed by atoms with Gasteiger partial charge in [-0.05, 0) is 42.1 Å². The Balaban J connectivity index is 1.67. The van der Waals surface area contributed by atoms with Crippen LogP contribution >= 0.6 is 11.3 Å². The van der Waals surface area contributed by atoms with Crippen molar-refractivity contribution < 1.29 is 8.81 Å². The van der Waals surface area contributed by atoms with Gasteiger partial charge < -0.3 is 15.5 Å². The molecule has 0 saturated heterocycles. The Kier molecular flexibility index (Phi) is 5.49. The third kappa shape index (κ3) is 3.77. The number of aromatic nitrogens is 6. The number of fused-ring (bicyclic) bond motifs is 1. The molecule has 0 fully saturated rings. The van der Waals surface area contributed by atoms with Crippen LogP contribution in [0.5, 0.6) is 0 Å². The van der Waals surface area contributed by atoms with Crippen molar-refractivity contribution in [2.75, 3.05) is 11.1 Å². The molecule has 0 amide bonds. The lowest BCUT2D eigenvalue weighted by Crippen LogP contribution is -2.28. The van der Waals surface area contributed by atoms with Gasteiger partial charge in [-0.1, -0.05) is 6.92 Å². The van der Waals surface area contributed by atoms with E-state index in [9.17, 15) is 9.18 Å². The zero-order valence-corrected chi connectivity index (χ0v) is 19.0. The Morgan fingerprint density at radius 3 is 2.71 bits per heavy atom. The summed E-state index contributed by atoms with van der Waals surface area (Å²) in [5.41, 5.74) is 7.31. The van der Waals surface area contributed by atoms with Crippen molar-refractivity contribution in [3.8, 4) is 17.1 Å². The standard InChI is InChI=1S/C22H19FN8O2S/c1-3-14(27-19-16(18(24)25-10-26-19)21-30-29-11(2)33-21)20-28-15-8-9-34-17(15)22(32)31(20)13-6-4-12(23)5-7-13/h4-10,14H,3H2,1-2H3,(H3,24,25,26,27). The first-order chi connectivity index (χ1) is 16.5. The molecule has 0 radical (unpaired) electrons. The van der Waals surface area contributed by atoms with E-state index >= 15 is 0 Å². The van der Waals surface area contributed by atoms with Gasteiger partial charge in [0.15, 0.2) is 0 Å². The normalized spacial score (nSPS) is 12.2. The molecule has 0 saturated carbocycles. The maximum Gasteiger partial charge on any atom is 0.276 e. The Morgan fingerprint density at radius 1 is 1.21 bits per heavy atom. The fourth-order valence-electron chi connectivity index (χ4n) is 3.63. The summed E-state index contributed by atoms with van der Waals surface area (Å²) in [4.78, 5) is 26.6. The van der Waals surface area contributed by atoms with Gasteiger partial charge in [0.1, 0.15) is 39.9 Å². The third-order valence-electron chi connectivity index (χ3n) is 5.24. The second kappa shape index (κ2) is 8.63. The zero-order chi connectivity index (χ0) is 23.8. The highest BCUT2D eigenvalue weighted by molar-refractivity contribution is 7.17. The lowest BCUT2D eigenvalue weighted by Gasteiger charge is -2.22. The highest BCUT2D eigenvalue weighted by Gasteiger charge is 2.24. The number of nitrogens with one attached hydrogen (secondary N) is 1. The number of nitrogens with zero attached hydrogens (tertiary/aromatic N) is 6. The fourth-order valence-corrected chi connectivity index (χ4v) is 4.39. The first kappa shape index (κ1) is 21.6. The maximum absolute atomic E-state index is 13.6. The Labute approximate surface area is 196 Å². The molecule has 5 aromatic rings. The number of rotatable bonds is 6. The number of nitrogen functional groups attached to an aromatic ring is 1. The topological polar surface area (TPSA) is 138 Å². The zero-order valence-electron chi connectivity index (χ0n) is 18.2. The molecule has 10 nitrogen and oxygen atoms in total. The van der Waals surface area contributed by atoms with Crippen molar-refractivity contribution in [3.05, 3.63) is 69.9 Å². The summed E-state index contributed by atoms with van der Waals surface area (Å²) >= 11 is 1.31. The molecule has 0 aliphatic heterocycles. The number of hydrogen-bond donors (Lipinski definition) is 2. The van der Waals surface area contributed by atoms with Crippen LogP contribution in [0, 0.1) is 12.7 Å². The first-order valence-electron chi connectivity index (χ1n) is 10.4. The lowest BCUT2D eigenvalue weighted by atomic mass is 10.1. The van der Waals surface area contributed by atoms with Crippen LogP contribution in [-0.2, 0) is 0 Å². The minimum absolute atomic E-state index is 0.160. The summed E-state index contributed by atoms with van der Waals surface area (Å²) in [6.07, 6.45) is 1.86. The predicted octanol–water partition coefficient (Wildman–Crippen LogP) is 3.88. The van der Waals surface area contributed by atoms with E-state index in [1.807, 2.05) is 12.3 Å². The van der Waals surface area contributed by atoms with E-state index < -0.39 is 11.9 Å². The van der Waals surface area contributed by atoms with Crippen molar-refractivity contribution in [2.24, 2.45) is 0 Å². The van der Waals surface area contributed by atoms with Gasteiger partial charge in [0.05, 0.1) is 17.2 Å². The second-order valence-corrected chi connectivity index (χ2v) is 8.35. The van der Waals surface area contributed by atoms with Crippen LogP contribution in [0.2, 0.25) is 0 Å². The van der Waals surface area contributed by atoms with Crippen LogP contribution in [0.3, 0.4) is 0 Å². The van der Waals surface area contributed by atoms with Crippen LogP contribution in [0.4, 0.5) is 16.0 Å². The molecule has 3 N–H and O–H groups in total. The molecule has 5 rings (SSSR count). The Bertz CT molecular complexity index is 1540. The van der Waals surface area contributed by atoms with Gasteiger partial charge in [-0.25, -0.2) is 19.3 Å². The third-order valence-corrected chi connectivity index (χ3v) is 6.13. The van der Waals surface area contributed by atoms with Gasteiger partial charge in [-0.15, -0.1) is 21.5 Å². The first-order valence-corrected chi connectivity index (χ1v) is 11.3. The molecule has 1 aromatic carbocycles. The van der Waals surface area contributed by atoms with Crippen molar-refractivity contribution in [1.82, 2.24) is 29.7 Å². The molecule has 12 heteroatoms. The molecular weight excluding hydrogens is 459 g/mol. The molecule has 0 aliphatic carbocycles. The second-order valence-electron chi connectivity index (χ2n) is 7.44. The fraction of sp³-hybridized carbons (Fsp3) is 0.182. The van der Waals surface area contributed by atoms with E-state index in [-0.39, 0.29) is 17.3 Å². The summed E-state index contributed by atoms with van der Waals surface area (Å²) < 4.78 is 21.2. The molecular formula is C22H19FN8O2S.